The lowest BCUT2D eigenvalue weighted by Gasteiger charge is -2.28. The van der Waals surface area contributed by atoms with E-state index in [-0.39, 0.29) is 58.2 Å². The zero-order valence-electron chi connectivity index (χ0n) is 43.8. The van der Waals surface area contributed by atoms with Crippen molar-refractivity contribution in [2.45, 2.75) is 164 Å². The molecule has 0 radical (unpaired) electrons. The SMILES string of the molecule is NCCCC[C@H](NC(=O)[C@H](CCC(=O)O)NC(=O)[C@H](Cc1ccccc1)NC(=O)[C@H](CCCCN)NC(=O)[C@H](CCCCN)NC(=O)[C@H](CCC(=O)O)NC(=O)[C@H](Cc1ccccc1)NC(=O)[C@@H](N)CCCCN)C(=O)O. The zero-order valence-corrected chi connectivity index (χ0v) is 43.8. The molecule has 0 aliphatic carbocycles. The van der Waals surface area contributed by atoms with Crippen molar-refractivity contribution in [2.24, 2.45) is 28.7 Å². The van der Waals surface area contributed by atoms with Crippen LogP contribution < -0.4 is 65.9 Å². The van der Waals surface area contributed by atoms with E-state index in [0.29, 0.717) is 69.0 Å². The van der Waals surface area contributed by atoms with Gasteiger partial charge >= 0.3 is 17.9 Å². The maximum Gasteiger partial charge on any atom is 0.326 e. The maximum atomic E-state index is 14.4. The van der Waals surface area contributed by atoms with Gasteiger partial charge in [0.25, 0.3) is 0 Å². The summed E-state index contributed by atoms with van der Waals surface area (Å²) in [6.07, 6.45) is 1.37. The number of unbranched alkanes of at least 4 members (excludes halogenated alkanes) is 4. The third-order valence-electron chi connectivity index (χ3n) is 12.4. The monoisotopic (exact) mass is 1080 g/mol. The Bertz CT molecular complexity index is 2180. The average molecular weight is 1080 g/mol. The van der Waals surface area contributed by atoms with Crippen molar-refractivity contribution < 1.29 is 63.3 Å². The van der Waals surface area contributed by atoms with Gasteiger partial charge < -0.3 is 81.2 Å². The molecule has 0 saturated carbocycles. The van der Waals surface area contributed by atoms with E-state index < -0.39 is 133 Å². The van der Waals surface area contributed by atoms with Crippen molar-refractivity contribution in [3.8, 4) is 0 Å². The molecule has 25 heteroatoms. The van der Waals surface area contributed by atoms with Gasteiger partial charge in [-0.25, -0.2) is 4.79 Å². The molecule has 20 N–H and O–H groups in total. The molecule has 25 nitrogen and oxygen atoms in total. The summed E-state index contributed by atoms with van der Waals surface area (Å²) in [5.74, 6) is -10.0. The van der Waals surface area contributed by atoms with E-state index in [1.165, 1.54) is 0 Å². The Morgan fingerprint density at radius 1 is 0.351 bits per heavy atom. The largest absolute Gasteiger partial charge is 0.481 e. The Kier molecular flexibility index (Phi) is 32.3. The van der Waals surface area contributed by atoms with Crippen molar-refractivity contribution in [1.29, 1.82) is 0 Å². The van der Waals surface area contributed by atoms with Crippen molar-refractivity contribution in [1.82, 2.24) is 37.2 Å². The number of benzene rings is 2. The highest BCUT2D eigenvalue weighted by Crippen LogP contribution is 2.13. The molecule has 0 aliphatic heterocycles. The van der Waals surface area contributed by atoms with Crippen LogP contribution in [0.25, 0.3) is 0 Å². The minimum atomic E-state index is -1.56. The summed E-state index contributed by atoms with van der Waals surface area (Å²) >= 11 is 0. The van der Waals surface area contributed by atoms with Gasteiger partial charge in [0, 0.05) is 25.7 Å². The second-order valence-electron chi connectivity index (χ2n) is 18.8. The second-order valence-corrected chi connectivity index (χ2v) is 18.8. The normalized spacial score (nSPS) is 14.1. The van der Waals surface area contributed by atoms with E-state index in [0.717, 1.165) is 0 Å². The van der Waals surface area contributed by atoms with Gasteiger partial charge in [-0.1, -0.05) is 67.1 Å². The van der Waals surface area contributed by atoms with E-state index in [9.17, 15) is 63.3 Å². The fourth-order valence-electron chi connectivity index (χ4n) is 8.02. The standard InChI is InChI=1S/C52H82N12O13/c53-27-11-7-19-35(57)45(69)63-41(31-33-15-3-1-4-16-33)50(74)60-38(23-25-43(65)66)48(72)59-36(20-8-12-28-54)46(70)58-37(21-9-13-29-55)47(71)64-42(32-34-17-5-2-6-18-34)51(75)61-39(24-26-44(67)68)49(73)62-40(52(76)77)22-10-14-30-56/h1-6,15-18,35-42H,7-14,19-32,53-57H2,(H,58,70)(H,59,72)(H,60,74)(H,61,75)(H,62,73)(H,63,69)(H,64,71)(H,65,66)(H,67,68)(H,76,77)/t35-,36-,37-,38-,39-,40-,41-,42-/m0/s1. The molecule has 0 unspecified atom stereocenters. The van der Waals surface area contributed by atoms with Crippen molar-refractivity contribution >= 4 is 59.3 Å². The molecule has 2 rings (SSSR count). The highest BCUT2D eigenvalue weighted by molar-refractivity contribution is 5.98. The quantitative estimate of drug-likeness (QED) is 0.0338. The molecule has 428 valence electrons. The van der Waals surface area contributed by atoms with Crippen LogP contribution in [0.5, 0.6) is 0 Å². The van der Waals surface area contributed by atoms with Gasteiger partial charge in [0.1, 0.15) is 42.3 Å². The third kappa shape index (κ3) is 27.0. The lowest BCUT2D eigenvalue weighted by atomic mass is 10.0. The molecule has 77 heavy (non-hydrogen) atoms. The number of carboxylic acids is 3. The molecule has 0 spiro atoms. The zero-order chi connectivity index (χ0) is 57.1. The number of hydrogen-bond acceptors (Lipinski definition) is 15. The number of carboxylic acid groups (broad SMARTS) is 3. The van der Waals surface area contributed by atoms with Gasteiger partial charge in [-0.2, -0.15) is 0 Å². The first kappa shape index (κ1) is 66.1. The summed E-state index contributed by atoms with van der Waals surface area (Å²) in [4.78, 5) is 134. The van der Waals surface area contributed by atoms with Crippen LogP contribution >= 0.6 is 0 Å². The Morgan fingerprint density at radius 3 is 0.948 bits per heavy atom. The first-order valence-electron chi connectivity index (χ1n) is 26.3. The van der Waals surface area contributed by atoms with Crippen LogP contribution in [0.2, 0.25) is 0 Å². The summed E-state index contributed by atoms with van der Waals surface area (Å²) in [6, 6.07) is 6.11. The number of carbonyl (C=O) groups excluding carboxylic acids is 7. The highest BCUT2D eigenvalue weighted by atomic mass is 16.4. The van der Waals surface area contributed by atoms with Crippen LogP contribution in [-0.2, 0) is 60.8 Å². The summed E-state index contributed by atoms with van der Waals surface area (Å²) in [5.41, 5.74) is 30.0. The Balaban J connectivity index is 2.50. The molecule has 2 aromatic carbocycles. The number of rotatable bonds is 41. The Morgan fingerprint density at radius 2 is 0.623 bits per heavy atom. The number of nitrogens with one attached hydrogen (secondary N) is 7. The molecule has 0 aromatic heterocycles. The smallest absolute Gasteiger partial charge is 0.326 e. The van der Waals surface area contributed by atoms with E-state index in [4.69, 9.17) is 28.7 Å². The van der Waals surface area contributed by atoms with E-state index in [1.807, 2.05) is 0 Å². The lowest BCUT2D eigenvalue weighted by Crippen LogP contribution is -2.60. The number of carbonyl (C=O) groups is 10. The highest BCUT2D eigenvalue weighted by Gasteiger charge is 2.35. The number of aliphatic carboxylic acids is 3. The van der Waals surface area contributed by atoms with Gasteiger partial charge in [0.15, 0.2) is 0 Å². The number of hydrogen-bond donors (Lipinski definition) is 15. The molecule has 8 atom stereocenters. The molecule has 0 saturated heterocycles. The predicted molar refractivity (Wildman–Crippen MR) is 285 cm³/mol. The fraction of sp³-hybridized carbons (Fsp3) is 0.577. The van der Waals surface area contributed by atoms with E-state index in [1.54, 1.807) is 60.7 Å². The van der Waals surface area contributed by atoms with Crippen LogP contribution in [0.3, 0.4) is 0 Å². The van der Waals surface area contributed by atoms with Gasteiger partial charge in [-0.3, -0.25) is 43.2 Å². The minimum absolute atomic E-state index is 0.00444. The molecule has 7 amide bonds. The van der Waals surface area contributed by atoms with Gasteiger partial charge in [0.05, 0.1) is 6.04 Å². The molecule has 0 fully saturated rings. The van der Waals surface area contributed by atoms with Crippen LogP contribution in [0.4, 0.5) is 0 Å². The summed E-state index contributed by atoms with van der Waals surface area (Å²) < 4.78 is 0. The first-order chi connectivity index (χ1) is 36.8. The van der Waals surface area contributed by atoms with Crippen LogP contribution in [0, 0.1) is 0 Å². The molecule has 0 bridgehead atoms. The summed E-state index contributed by atoms with van der Waals surface area (Å²) in [7, 11) is 0. The Labute approximate surface area is 449 Å². The molecule has 0 heterocycles. The first-order valence-corrected chi connectivity index (χ1v) is 26.3. The second kappa shape index (κ2) is 37.6. The summed E-state index contributed by atoms with van der Waals surface area (Å²) in [5, 5.41) is 47.0. The Hall–Kier alpha value is -7.06. The maximum absolute atomic E-state index is 14.4. The van der Waals surface area contributed by atoms with Gasteiger partial charge in [0.2, 0.25) is 41.4 Å². The predicted octanol–water partition coefficient (Wildman–Crippen LogP) is -1.48. The molecule has 0 aliphatic rings. The fourth-order valence-corrected chi connectivity index (χ4v) is 8.02. The molecular formula is C52H82N12O13. The number of amides is 7. The van der Waals surface area contributed by atoms with Crippen LogP contribution in [0.1, 0.15) is 114 Å². The molecular weight excluding hydrogens is 1000 g/mol. The van der Waals surface area contributed by atoms with E-state index >= 15 is 0 Å². The van der Waals surface area contributed by atoms with Gasteiger partial charge in [-0.05, 0) is 121 Å². The molecule has 2 aromatic rings. The topological polar surface area (TPSA) is 446 Å². The van der Waals surface area contributed by atoms with Crippen molar-refractivity contribution in [3.63, 3.8) is 0 Å². The van der Waals surface area contributed by atoms with E-state index in [2.05, 4.69) is 37.2 Å². The van der Waals surface area contributed by atoms with Crippen molar-refractivity contribution in [2.75, 3.05) is 26.2 Å². The van der Waals surface area contributed by atoms with Crippen LogP contribution in [0.15, 0.2) is 60.7 Å². The average Bonchev–Trinajstić information content (AvgIpc) is 3.39. The van der Waals surface area contributed by atoms with Crippen LogP contribution in [-0.4, -0.2) is 149 Å². The lowest BCUT2D eigenvalue weighted by molar-refractivity contribution is -0.143. The summed E-state index contributed by atoms with van der Waals surface area (Å²) in [6.45, 7) is 1.11. The number of nitrogens with two attached hydrogens (primary N) is 5. The van der Waals surface area contributed by atoms with Gasteiger partial charge in [-0.15, -0.1) is 0 Å². The minimum Gasteiger partial charge on any atom is -0.481 e. The van der Waals surface area contributed by atoms with Crippen molar-refractivity contribution in [3.05, 3.63) is 71.8 Å². The third-order valence-corrected chi connectivity index (χ3v) is 12.4.